The second-order valence-electron chi connectivity index (χ2n) is 7.19. The third-order valence-corrected chi connectivity index (χ3v) is 5.31. The number of nitrogens with zero attached hydrogens (tertiary/aromatic N) is 3. The van der Waals surface area contributed by atoms with Crippen molar-refractivity contribution in [3.8, 4) is 11.5 Å². The van der Waals surface area contributed by atoms with Crippen molar-refractivity contribution in [3.63, 3.8) is 0 Å². The van der Waals surface area contributed by atoms with E-state index in [1.807, 2.05) is 12.5 Å². The van der Waals surface area contributed by atoms with Crippen LogP contribution in [0.25, 0.3) is 0 Å². The molecule has 1 atom stereocenters. The number of amides is 1. The van der Waals surface area contributed by atoms with Crippen molar-refractivity contribution in [3.05, 3.63) is 42.0 Å². The molecule has 2 aliphatic rings. The maximum Gasteiger partial charge on any atom is 0.251 e. The third kappa shape index (κ3) is 4.08. The molecule has 1 aromatic carbocycles. The van der Waals surface area contributed by atoms with Gasteiger partial charge in [0.15, 0.2) is 11.5 Å². The van der Waals surface area contributed by atoms with E-state index in [9.17, 15) is 4.79 Å². The summed E-state index contributed by atoms with van der Waals surface area (Å²) in [6, 6.07) is 5.31. The molecule has 0 bridgehead atoms. The number of aromatic nitrogens is 2. The molecule has 27 heavy (non-hydrogen) atoms. The Balaban J connectivity index is 1.29. The Morgan fingerprint density at radius 2 is 2.22 bits per heavy atom. The van der Waals surface area contributed by atoms with Crippen LogP contribution in [-0.2, 0) is 13.1 Å². The second-order valence-corrected chi connectivity index (χ2v) is 7.19. The molecule has 7 nitrogen and oxygen atoms in total. The molecule has 7 heteroatoms. The van der Waals surface area contributed by atoms with Gasteiger partial charge >= 0.3 is 0 Å². The molecule has 1 saturated heterocycles. The molecule has 0 spiro atoms. The Morgan fingerprint density at radius 3 is 3.11 bits per heavy atom. The predicted octanol–water partition coefficient (Wildman–Crippen LogP) is 2.27. The Bertz CT molecular complexity index is 804. The van der Waals surface area contributed by atoms with Gasteiger partial charge in [-0.15, -0.1) is 0 Å². The van der Waals surface area contributed by atoms with Crippen LogP contribution < -0.4 is 14.8 Å². The maximum atomic E-state index is 12.5. The first kappa shape index (κ1) is 17.9. The van der Waals surface area contributed by atoms with Crippen LogP contribution >= 0.6 is 0 Å². The number of aryl methyl sites for hydroxylation is 1. The summed E-state index contributed by atoms with van der Waals surface area (Å²) in [5, 5.41) is 3.08. The number of carbonyl (C=O) groups excluding carboxylic acids is 1. The van der Waals surface area contributed by atoms with E-state index in [1.54, 1.807) is 18.2 Å². The van der Waals surface area contributed by atoms with Crippen molar-refractivity contribution < 1.29 is 14.3 Å². The Kier molecular flexibility index (Phi) is 5.29. The van der Waals surface area contributed by atoms with Gasteiger partial charge in [-0.2, -0.15) is 0 Å². The molecule has 0 aliphatic carbocycles. The summed E-state index contributed by atoms with van der Waals surface area (Å²) in [7, 11) is 0. The molecule has 2 aromatic rings. The second kappa shape index (κ2) is 8.00. The first-order chi connectivity index (χ1) is 13.2. The highest BCUT2D eigenvalue weighted by Crippen LogP contribution is 2.32. The lowest BCUT2D eigenvalue weighted by atomic mass is 9.97. The molecule has 0 saturated carbocycles. The fourth-order valence-corrected chi connectivity index (χ4v) is 3.83. The van der Waals surface area contributed by atoms with E-state index < -0.39 is 0 Å². The summed E-state index contributed by atoms with van der Waals surface area (Å²) in [5.41, 5.74) is 1.86. The fraction of sp³-hybridized carbons (Fsp3) is 0.500. The largest absolute Gasteiger partial charge is 0.454 e. The summed E-state index contributed by atoms with van der Waals surface area (Å²) in [4.78, 5) is 19.2. The van der Waals surface area contributed by atoms with Crippen LogP contribution in [0.2, 0.25) is 0 Å². The van der Waals surface area contributed by atoms with Gasteiger partial charge in [0.25, 0.3) is 5.91 Å². The number of fused-ring (bicyclic) bond motifs is 1. The first-order valence-corrected chi connectivity index (χ1v) is 9.62. The number of nitrogens with one attached hydrogen (secondary N) is 1. The number of likely N-dealkylation sites (tertiary alicyclic amines) is 1. The van der Waals surface area contributed by atoms with E-state index in [1.165, 1.54) is 5.69 Å². The highest BCUT2D eigenvalue weighted by Gasteiger charge is 2.22. The van der Waals surface area contributed by atoms with Crippen LogP contribution in [0.4, 0.5) is 0 Å². The zero-order chi connectivity index (χ0) is 18.6. The van der Waals surface area contributed by atoms with E-state index in [0.717, 1.165) is 39.0 Å². The lowest BCUT2D eigenvalue weighted by Crippen LogP contribution is -2.40. The van der Waals surface area contributed by atoms with Gasteiger partial charge in [0, 0.05) is 37.9 Å². The minimum atomic E-state index is -0.0607. The quantitative estimate of drug-likeness (QED) is 0.845. The predicted molar refractivity (Wildman–Crippen MR) is 101 cm³/mol. The average molecular weight is 370 g/mol. The molecule has 1 aromatic heterocycles. The number of carbonyl (C=O) groups is 1. The fourth-order valence-electron chi connectivity index (χ4n) is 3.83. The summed E-state index contributed by atoms with van der Waals surface area (Å²) in [5.74, 6) is 1.74. The van der Waals surface area contributed by atoms with Gasteiger partial charge in [-0.1, -0.05) is 0 Å². The molecule has 3 heterocycles. The molecular formula is C20H26N4O3. The van der Waals surface area contributed by atoms with Crippen LogP contribution in [0.1, 0.15) is 35.8 Å². The van der Waals surface area contributed by atoms with Gasteiger partial charge in [0.05, 0.1) is 12.0 Å². The molecule has 1 amide bonds. The summed E-state index contributed by atoms with van der Waals surface area (Å²) in [6.07, 6.45) is 6.15. The monoisotopic (exact) mass is 370 g/mol. The highest BCUT2D eigenvalue weighted by atomic mass is 16.7. The molecule has 144 valence electrons. The van der Waals surface area contributed by atoms with Crippen LogP contribution in [0, 0.1) is 5.92 Å². The lowest BCUT2D eigenvalue weighted by Gasteiger charge is -2.32. The van der Waals surface area contributed by atoms with Gasteiger partial charge in [-0.25, -0.2) is 4.98 Å². The van der Waals surface area contributed by atoms with Gasteiger partial charge in [0.1, 0.15) is 0 Å². The Labute approximate surface area is 159 Å². The van der Waals surface area contributed by atoms with Crippen LogP contribution in [0.3, 0.4) is 0 Å². The number of hydrogen-bond donors (Lipinski definition) is 1. The van der Waals surface area contributed by atoms with Gasteiger partial charge in [-0.05, 0) is 50.4 Å². The van der Waals surface area contributed by atoms with Gasteiger partial charge < -0.3 is 19.4 Å². The number of hydrogen-bond acceptors (Lipinski definition) is 5. The van der Waals surface area contributed by atoms with E-state index in [0.29, 0.717) is 29.5 Å². The first-order valence-electron chi connectivity index (χ1n) is 9.62. The topological polar surface area (TPSA) is 68.6 Å². The minimum Gasteiger partial charge on any atom is -0.454 e. The van der Waals surface area contributed by atoms with Crippen LogP contribution in [-0.4, -0.2) is 46.8 Å². The highest BCUT2D eigenvalue weighted by molar-refractivity contribution is 5.94. The lowest BCUT2D eigenvalue weighted by molar-refractivity contribution is 0.0929. The third-order valence-electron chi connectivity index (χ3n) is 5.31. The smallest absolute Gasteiger partial charge is 0.251 e. The van der Waals surface area contributed by atoms with Crippen molar-refractivity contribution in [2.24, 2.45) is 5.92 Å². The number of ether oxygens (including phenoxy) is 2. The molecule has 4 rings (SSSR count). The molecule has 0 radical (unpaired) electrons. The maximum absolute atomic E-state index is 12.5. The SMILES string of the molecule is CCn1cncc1CN1CCCC(CNC(=O)c2ccc3c(c2)OCO3)C1. The van der Waals surface area contributed by atoms with Gasteiger partial charge in [0.2, 0.25) is 6.79 Å². The zero-order valence-corrected chi connectivity index (χ0v) is 15.7. The van der Waals surface area contributed by atoms with Crippen molar-refractivity contribution >= 4 is 5.91 Å². The summed E-state index contributed by atoms with van der Waals surface area (Å²) < 4.78 is 12.8. The Morgan fingerprint density at radius 1 is 1.33 bits per heavy atom. The molecule has 2 aliphatic heterocycles. The normalized spacial score (nSPS) is 19.2. The minimum absolute atomic E-state index is 0.0607. The van der Waals surface area contributed by atoms with E-state index in [4.69, 9.17) is 9.47 Å². The van der Waals surface area contributed by atoms with Crippen molar-refractivity contribution in [1.82, 2.24) is 19.8 Å². The van der Waals surface area contributed by atoms with Crippen LogP contribution in [0.5, 0.6) is 11.5 Å². The van der Waals surface area contributed by atoms with Crippen molar-refractivity contribution in [2.45, 2.75) is 32.9 Å². The molecule has 1 unspecified atom stereocenters. The van der Waals surface area contributed by atoms with E-state index >= 15 is 0 Å². The van der Waals surface area contributed by atoms with Crippen LogP contribution in [0.15, 0.2) is 30.7 Å². The molecule has 1 N–H and O–H groups in total. The van der Waals surface area contributed by atoms with E-state index in [2.05, 4.69) is 26.7 Å². The van der Waals surface area contributed by atoms with Gasteiger partial charge in [-0.3, -0.25) is 9.69 Å². The summed E-state index contributed by atoms with van der Waals surface area (Å²) >= 11 is 0. The standard InChI is InChI=1S/C20H26N4O3/c1-2-24-13-21-10-17(24)12-23-7-3-4-15(11-23)9-22-20(25)16-5-6-18-19(8-16)27-14-26-18/h5-6,8,10,13,15H,2-4,7,9,11-12,14H2,1H3,(H,22,25). The number of imidazole rings is 1. The number of rotatable bonds is 6. The van der Waals surface area contributed by atoms with E-state index in [-0.39, 0.29) is 12.7 Å². The average Bonchev–Trinajstić information content (AvgIpc) is 3.34. The molecule has 1 fully saturated rings. The van der Waals surface area contributed by atoms with Crippen molar-refractivity contribution in [2.75, 3.05) is 26.4 Å². The number of piperidine rings is 1. The number of benzene rings is 1. The molecular weight excluding hydrogens is 344 g/mol. The Hall–Kier alpha value is -2.54. The van der Waals surface area contributed by atoms with Crippen molar-refractivity contribution in [1.29, 1.82) is 0 Å². The summed E-state index contributed by atoms with van der Waals surface area (Å²) in [6.45, 7) is 7.00. The zero-order valence-electron chi connectivity index (χ0n) is 15.7.